The number of aryl methyl sites for hydroxylation is 1. The Balaban J connectivity index is 2.03. The van der Waals surface area contributed by atoms with Crippen LogP contribution in [0.4, 0.5) is 0 Å². The van der Waals surface area contributed by atoms with Crippen LogP contribution in [0.2, 0.25) is 0 Å². The number of aromatic nitrogens is 3. The maximum Gasteiger partial charge on any atom is 0.181 e. The minimum absolute atomic E-state index is 0.418. The average Bonchev–Trinajstić information content (AvgIpc) is 3.00. The zero-order valence-corrected chi connectivity index (χ0v) is 14.8. The van der Waals surface area contributed by atoms with Gasteiger partial charge in [-0.25, -0.2) is 4.68 Å². The van der Waals surface area contributed by atoms with Crippen LogP contribution in [0.3, 0.4) is 0 Å². The topological polar surface area (TPSA) is 121 Å². The van der Waals surface area contributed by atoms with Gasteiger partial charge in [0.2, 0.25) is 0 Å². The predicted molar refractivity (Wildman–Crippen MR) is 90.7 cm³/mol. The molecule has 5 unspecified atom stereocenters. The lowest BCUT2D eigenvalue weighted by Gasteiger charge is -2.40. The van der Waals surface area contributed by atoms with Gasteiger partial charge in [0.1, 0.15) is 30.2 Å². The van der Waals surface area contributed by atoms with Crippen molar-refractivity contribution in [1.29, 1.82) is 0 Å². The minimum Gasteiger partial charge on any atom is -0.510 e. The summed E-state index contributed by atoms with van der Waals surface area (Å²) in [6, 6.07) is 0. The molecule has 1 aromatic heterocycles. The smallest absolute Gasteiger partial charge is 0.181 e. The molecule has 0 amide bonds. The molecule has 1 aliphatic heterocycles. The van der Waals surface area contributed by atoms with Crippen LogP contribution in [0.1, 0.15) is 51.5 Å². The highest BCUT2D eigenvalue weighted by Crippen LogP contribution is 2.31. The van der Waals surface area contributed by atoms with Crippen LogP contribution in [-0.4, -0.2) is 59.8 Å². The van der Waals surface area contributed by atoms with E-state index in [2.05, 4.69) is 30.7 Å². The molecule has 142 valence electrons. The number of hydrogen-bond acceptors (Lipinski definition) is 7. The third-order valence-corrected chi connectivity index (χ3v) is 4.52. The van der Waals surface area contributed by atoms with Crippen molar-refractivity contribution in [3.63, 3.8) is 0 Å². The summed E-state index contributed by atoms with van der Waals surface area (Å²) in [6.45, 7) is 7.74. The lowest BCUT2D eigenvalue weighted by Crippen LogP contribution is -2.56. The molecule has 0 spiro atoms. The lowest BCUT2D eigenvalue weighted by molar-refractivity contribution is -0.244. The first-order valence-corrected chi connectivity index (χ1v) is 8.79. The van der Waals surface area contributed by atoms with Crippen LogP contribution in [0, 0.1) is 5.92 Å². The van der Waals surface area contributed by atoms with Gasteiger partial charge in [0, 0.05) is 0 Å². The van der Waals surface area contributed by atoms with E-state index in [4.69, 9.17) is 4.74 Å². The van der Waals surface area contributed by atoms with Crippen LogP contribution in [-0.2, 0) is 11.2 Å². The Labute approximate surface area is 147 Å². The molecule has 0 aromatic carbocycles. The van der Waals surface area contributed by atoms with Gasteiger partial charge in [-0.05, 0) is 18.8 Å². The molecule has 1 saturated heterocycles. The summed E-state index contributed by atoms with van der Waals surface area (Å²) in [4.78, 5) is 0. The van der Waals surface area contributed by atoms with Crippen LogP contribution in [0.15, 0.2) is 18.5 Å². The van der Waals surface area contributed by atoms with Crippen LogP contribution >= 0.6 is 0 Å². The average molecular weight is 355 g/mol. The van der Waals surface area contributed by atoms with Gasteiger partial charge in [-0.3, -0.25) is 0 Å². The number of hydrogen-bond donors (Lipinski definition) is 4. The van der Waals surface area contributed by atoms with Crippen molar-refractivity contribution in [2.75, 3.05) is 0 Å². The van der Waals surface area contributed by atoms with E-state index in [0.29, 0.717) is 12.3 Å². The van der Waals surface area contributed by atoms with Crippen LogP contribution < -0.4 is 0 Å². The zero-order valence-electron chi connectivity index (χ0n) is 14.8. The van der Waals surface area contributed by atoms with E-state index in [-0.39, 0.29) is 0 Å². The fraction of sp³-hybridized carbons (Fsp3) is 0.765. The summed E-state index contributed by atoms with van der Waals surface area (Å²) >= 11 is 0. The van der Waals surface area contributed by atoms with Crippen molar-refractivity contribution < 1.29 is 25.2 Å². The van der Waals surface area contributed by atoms with Crippen molar-refractivity contribution in [1.82, 2.24) is 15.0 Å². The van der Waals surface area contributed by atoms with Crippen LogP contribution in [0.25, 0.3) is 0 Å². The monoisotopic (exact) mass is 355 g/mol. The Morgan fingerprint density at radius 1 is 1.20 bits per heavy atom. The summed E-state index contributed by atoms with van der Waals surface area (Å²) < 4.78 is 6.94. The molecular formula is C17H29N3O5. The summed E-state index contributed by atoms with van der Waals surface area (Å²) in [5.74, 6) is 0.271. The molecule has 2 heterocycles. The molecule has 1 aromatic rings. The van der Waals surface area contributed by atoms with Crippen LogP contribution in [0.5, 0.6) is 0 Å². The normalized spacial score (nSPS) is 29.9. The van der Waals surface area contributed by atoms with E-state index in [1.807, 2.05) is 0 Å². The number of aliphatic hydroxyl groups excluding tert-OH is 4. The van der Waals surface area contributed by atoms with Gasteiger partial charge in [-0.1, -0.05) is 44.9 Å². The first kappa shape index (κ1) is 19.8. The summed E-state index contributed by atoms with van der Waals surface area (Å²) in [5.41, 5.74) is 0.763. The first-order chi connectivity index (χ1) is 11.8. The molecule has 4 N–H and O–H groups in total. The molecule has 5 atom stereocenters. The quantitative estimate of drug-likeness (QED) is 0.407. The standard InChI is InChI=1S/C17H29N3O5/c1-10(2)7-5-4-6-8-12-9-18-19-20(12)17-15(24)13(22)14(23)16(25-17)11(3)21/h9-10,13-17,21-24H,3-8H2,1-2H3. The molecule has 25 heavy (non-hydrogen) atoms. The number of ether oxygens (including phenoxy) is 1. The molecule has 8 heteroatoms. The molecule has 0 aliphatic carbocycles. The SMILES string of the molecule is C=C(O)C1OC(n2nncc2CCCCCC(C)C)C(O)C(O)C1O. The van der Waals surface area contributed by atoms with Crippen molar-refractivity contribution in [2.24, 2.45) is 5.92 Å². The second-order valence-electron chi connectivity index (χ2n) is 7.07. The molecule has 0 saturated carbocycles. The van der Waals surface area contributed by atoms with E-state index >= 15 is 0 Å². The second-order valence-corrected chi connectivity index (χ2v) is 7.07. The number of unbranched alkanes of at least 4 members (excludes halogenated alkanes) is 2. The van der Waals surface area contributed by atoms with Crippen molar-refractivity contribution in [2.45, 2.75) is 76.6 Å². The maximum atomic E-state index is 10.2. The lowest BCUT2D eigenvalue weighted by atomic mass is 9.97. The Kier molecular flexibility index (Phi) is 6.95. The largest absolute Gasteiger partial charge is 0.510 e. The third kappa shape index (κ3) is 4.78. The van der Waals surface area contributed by atoms with Gasteiger partial charge >= 0.3 is 0 Å². The van der Waals surface area contributed by atoms with E-state index < -0.39 is 36.4 Å². The van der Waals surface area contributed by atoms with Gasteiger partial charge < -0.3 is 25.2 Å². The fourth-order valence-electron chi connectivity index (χ4n) is 3.03. The number of nitrogens with zero attached hydrogens (tertiary/aromatic N) is 3. The number of rotatable bonds is 8. The summed E-state index contributed by atoms with van der Waals surface area (Å²) in [7, 11) is 0. The molecule has 1 aliphatic rings. The van der Waals surface area contributed by atoms with Gasteiger partial charge in [0.05, 0.1) is 11.9 Å². The fourth-order valence-corrected chi connectivity index (χ4v) is 3.03. The Morgan fingerprint density at radius 3 is 2.56 bits per heavy atom. The second kappa shape index (κ2) is 8.75. The highest BCUT2D eigenvalue weighted by Gasteiger charge is 2.46. The molecular weight excluding hydrogens is 326 g/mol. The van der Waals surface area contributed by atoms with E-state index in [1.54, 1.807) is 6.20 Å². The predicted octanol–water partition coefficient (Wildman–Crippen LogP) is 1.09. The van der Waals surface area contributed by atoms with E-state index in [9.17, 15) is 20.4 Å². The Hall–Kier alpha value is -1.48. The molecule has 0 radical (unpaired) electrons. The van der Waals surface area contributed by atoms with Crippen molar-refractivity contribution >= 4 is 0 Å². The Bertz CT molecular complexity index is 562. The minimum atomic E-state index is -1.49. The number of aliphatic hydroxyl groups is 4. The van der Waals surface area contributed by atoms with Gasteiger partial charge in [-0.2, -0.15) is 0 Å². The molecule has 8 nitrogen and oxygen atoms in total. The Morgan fingerprint density at radius 2 is 1.92 bits per heavy atom. The highest BCUT2D eigenvalue weighted by atomic mass is 16.6. The maximum absolute atomic E-state index is 10.2. The third-order valence-electron chi connectivity index (χ3n) is 4.52. The van der Waals surface area contributed by atoms with Gasteiger partial charge in [-0.15, -0.1) is 5.10 Å². The first-order valence-electron chi connectivity index (χ1n) is 8.79. The van der Waals surface area contributed by atoms with Gasteiger partial charge in [0.25, 0.3) is 0 Å². The van der Waals surface area contributed by atoms with E-state index in [0.717, 1.165) is 25.0 Å². The zero-order chi connectivity index (χ0) is 18.6. The van der Waals surface area contributed by atoms with Gasteiger partial charge in [0.15, 0.2) is 6.23 Å². The van der Waals surface area contributed by atoms with Crippen molar-refractivity contribution in [3.8, 4) is 0 Å². The van der Waals surface area contributed by atoms with E-state index in [1.165, 1.54) is 11.1 Å². The summed E-state index contributed by atoms with van der Waals surface area (Å²) in [6.07, 6.45) is 0.0611. The molecule has 2 rings (SSSR count). The molecule has 1 fully saturated rings. The highest BCUT2D eigenvalue weighted by molar-refractivity contribution is 5.05. The molecule has 0 bridgehead atoms. The summed E-state index contributed by atoms with van der Waals surface area (Å²) in [5, 5.41) is 47.6. The van der Waals surface area contributed by atoms with Crippen molar-refractivity contribution in [3.05, 3.63) is 24.2 Å².